The van der Waals surface area contributed by atoms with Crippen molar-refractivity contribution in [3.05, 3.63) is 24.4 Å². The van der Waals surface area contributed by atoms with E-state index < -0.39 is 0 Å². The van der Waals surface area contributed by atoms with Crippen LogP contribution in [-0.4, -0.2) is 36.7 Å². The molecule has 1 atom stereocenters. The summed E-state index contributed by atoms with van der Waals surface area (Å²) in [4.78, 5) is 17.3. The molecule has 0 spiro atoms. The number of amides is 1. The minimum absolute atomic E-state index is 0.0709. The van der Waals surface area contributed by atoms with Crippen LogP contribution in [0.5, 0.6) is 0 Å². The first-order valence-electron chi connectivity index (χ1n) is 4.84. The summed E-state index contributed by atoms with van der Waals surface area (Å²) in [6, 6.07) is 5.47. The summed E-state index contributed by atoms with van der Waals surface area (Å²) in [5.41, 5.74) is 5.51. The van der Waals surface area contributed by atoms with E-state index in [9.17, 15) is 4.79 Å². The molecule has 80 valence electrons. The number of carbonyl (C=O) groups excluding carboxylic acids is 1. The van der Waals surface area contributed by atoms with Crippen molar-refractivity contribution in [3.8, 4) is 0 Å². The van der Waals surface area contributed by atoms with Gasteiger partial charge in [0.05, 0.1) is 12.6 Å². The molecule has 1 amide bonds. The van der Waals surface area contributed by atoms with E-state index in [1.165, 1.54) is 0 Å². The summed E-state index contributed by atoms with van der Waals surface area (Å²) >= 11 is 0. The molecule has 0 bridgehead atoms. The van der Waals surface area contributed by atoms with E-state index in [4.69, 9.17) is 10.5 Å². The van der Waals surface area contributed by atoms with E-state index >= 15 is 0 Å². The summed E-state index contributed by atoms with van der Waals surface area (Å²) in [5, 5.41) is 0. The maximum Gasteiger partial charge on any atom is 0.254 e. The van der Waals surface area contributed by atoms with E-state index in [0.29, 0.717) is 18.9 Å². The van der Waals surface area contributed by atoms with Crippen molar-refractivity contribution in [2.75, 3.05) is 24.6 Å². The van der Waals surface area contributed by atoms with Crippen molar-refractivity contribution in [1.82, 2.24) is 4.98 Å². The van der Waals surface area contributed by atoms with Gasteiger partial charge in [-0.2, -0.15) is 0 Å². The van der Waals surface area contributed by atoms with Crippen molar-refractivity contribution in [3.63, 3.8) is 0 Å². The zero-order chi connectivity index (χ0) is 10.7. The lowest BCUT2D eigenvalue weighted by molar-refractivity contribution is -0.129. The minimum atomic E-state index is -0.0929. The Morgan fingerprint density at radius 3 is 3.13 bits per heavy atom. The first kappa shape index (κ1) is 10.1. The standard InChI is InChI=1S/C10H13N3O2/c11-5-8-6-13(10(14)7-15-8)9-3-1-2-4-12-9/h1-4,8H,5-7,11H2. The number of morpholine rings is 1. The summed E-state index contributed by atoms with van der Waals surface area (Å²) in [6.45, 7) is 0.974. The van der Waals surface area contributed by atoms with Crippen LogP contribution in [-0.2, 0) is 9.53 Å². The van der Waals surface area contributed by atoms with Crippen molar-refractivity contribution < 1.29 is 9.53 Å². The van der Waals surface area contributed by atoms with Crippen LogP contribution in [0.2, 0.25) is 0 Å². The molecule has 1 aliphatic heterocycles. The zero-order valence-electron chi connectivity index (χ0n) is 8.30. The first-order chi connectivity index (χ1) is 7.31. The lowest BCUT2D eigenvalue weighted by atomic mass is 10.2. The Balaban J connectivity index is 2.16. The number of pyridine rings is 1. The molecule has 1 aliphatic rings. The first-order valence-corrected chi connectivity index (χ1v) is 4.84. The molecule has 2 N–H and O–H groups in total. The molecule has 5 heteroatoms. The molecule has 2 heterocycles. The molecule has 1 aromatic heterocycles. The van der Waals surface area contributed by atoms with E-state index in [2.05, 4.69) is 4.98 Å². The summed E-state index contributed by atoms with van der Waals surface area (Å²) in [5.74, 6) is 0.586. The Bertz CT molecular complexity index is 342. The van der Waals surface area contributed by atoms with Gasteiger partial charge in [-0.15, -0.1) is 0 Å². The summed E-state index contributed by atoms with van der Waals surface area (Å²) < 4.78 is 5.25. The van der Waals surface area contributed by atoms with Crippen molar-refractivity contribution >= 4 is 11.7 Å². The average Bonchev–Trinajstić information content (AvgIpc) is 2.31. The van der Waals surface area contributed by atoms with E-state index in [1.807, 2.05) is 12.1 Å². The lowest BCUT2D eigenvalue weighted by Gasteiger charge is -2.31. The van der Waals surface area contributed by atoms with Crippen molar-refractivity contribution in [1.29, 1.82) is 0 Å². The molecule has 0 radical (unpaired) electrons. The second-order valence-corrected chi connectivity index (χ2v) is 3.36. The Labute approximate surface area is 87.8 Å². The van der Waals surface area contributed by atoms with E-state index in [-0.39, 0.29) is 18.6 Å². The van der Waals surface area contributed by atoms with Gasteiger partial charge in [0.15, 0.2) is 0 Å². The molecule has 1 saturated heterocycles. The predicted molar refractivity (Wildman–Crippen MR) is 55.4 cm³/mol. The SMILES string of the molecule is NCC1CN(c2ccccn2)C(=O)CO1. The fourth-order valence-corrected chi connectivity index (χ4v) is 1.50. The van der Waals surface area contributed by atoms with Gasteiger partial charge in [0.25, 0.3) is 5.91 Å². The highest BCUT2D eigenvalue weighted by Crippen LogP contribution is 2.14. The van der Waals surface area contributed by atoms with Crippen LogP contribution in [0.25, 0.3) is 0 Å². The Kier molecular flexibility index (Phi) is 2.94. The highest BCUT2D eigenvalue weighted by molar-refractivity contribution is 5.94. The van der Waals surface area contributed by atoms with Gasteiger partial charge in [-0.25, -0.2) is 4.98 Å². The summed E-state index contributed by atoms with van der Waals surface area (Å²) in [7, 11) is 0. The number of aromatic nitrogens is 1. The van der Waals surface area contributed by atoms with Crippen molar-refractivity contribution in [2.45, 2.75) is 6.10 Å². The quantitative estimate of drug-likeness (QED) is 0.727. The number of nitrogens with two attached hydrogens (primary N) is 1. The maximum absolute atomic E-state index is 11.6. The van der Waals surface area contributed by atoms with E-state index in [1.54, 1.807) is 17.2 Å². The molecule has 1 fully saturated rings. The van der Waals surface area contributed by atoms with Gasteiger partial charge in [0.1, 0.15) is 12.4 Å². The Morgan fingerprint density at radius 2 is 2.47 bits per heavy atom. The molecular formula is C10H13N3O2. The van der Waals surface area contributed by atoms with Gasteiger partial charge in [-0.1, -0.05) is 6.07 Å². The monoisotopic (exact) mass is 207 g/mol. The fraction of sp³-hybridized carbons (Fsp3) is 0.400. The van der Waals surface area contributed by atoms with Gasteiger partial charge in [-0.05, 0) is 12.1 Å². The number of hydrogen-bond acceptors (Lipinski definition) is 4. The van der Waals surface area contributed by atoms with Gasteiger partial charge in [0, 0.05) is 12.7 Å². The molecule has 1 aromatic rings. The molecular weight excluding hydrogens is 194 g/mol. The second kappa shape index (κ2) is 4.37. The van der Waals surface area contributed by atoms with Crippen LogP contribution in [0.3, 0.4) is 0 Å². The number of ether oxygens (including phenoxy) is 1. The van der Waals surface area contributed by atoms with Crippen LogP contribution in [0.4, 0.5) is 5.82 Å². The third kappa shape index (κ3) is 2.14. The number of carbonyl (C=O) groups is 1. The van der Waals surface area contributed by atoms with Crippen LogP contribution < -0.4 is 10.6 Å². The molecule has 15 heavy (non-hydrogen) atoms. The average molecular weight is 207 g/mol. The van der Waals surface area contributed by atoms with Crippen molar-refractivity contribution in [2.24, 2.45) is 5.73 Å². The number of hydrogen-bond donors (Lipinski definition) is 1. The third-order valence-corrected chi connectivity index (χ3v) is 2.32. The van der Waals surface area contributed by atoms with Gasteiger partial charge in [-0.3, -0.25) is 9.69 Å². The smallest absolute Gasteiger partial charge is 0.254 e. The maximum atomic E-state index is 11.6. The van der Waals surface area contributed by atoms with Gasteiger partial charge >= 0.3 is 0 Å². The van der Waals surface area contributed by atoms with Gasteiger partial charge in [0.2, 0.25) is 0 Å². The summed E-state index contributed by atoms with van der Waals surface area (Å²) in [6.07, 6.45) is 1.57. The third-order valence-electron chi connectivity index (χ3n) is 2.32. The molecule has 0 saturated carbocycles. The largest absolute Gasteiger partial charge is 0.365 e. The van der Waals surface area contributed by atoms with Crippen LogP contribution in [0, 0.1) is 0 Å². The van der Waals surface area contributed by atoms with Crippen LogP contribution in [0.15, 0.2) is 24.4 Å². The molecule has 2 rings (SSSR count). The number of nitrogens with zero attached hydrogens (tertiary/aromatic N) is 2. The highest BCUT2D eigenvalue weighted by atomic mass is 16.5. The van der Waals surface area contributed by atoms with Gasteiger partial charge < -0.3 is 10.5 Å². The zero-order valence-corrected chi connectivity index (χ0v) is 8.30. The Morgan fingerprint density at radius 1 is 1.60 bits per heavy atom. The topological polar surface area (TPSA) is 68.5 Å². The second-order valence-electron chi connectivity index (χ2n) is 3.36. The minimum Gasteiger partial charge on any atom is -0.365 e. The number of anilines is 1. The molecule has 5 nitrogen and oxygen atoms in total. The normalized spacial score (nSPS) is 21.8. The predicted octanol–water partition coefficient (Wildman–Crippen LogP) is -0.228. The molecule has 0 aromatic carbocycles. The lowest BCUT2D eigenvalue weighted by Crippen LogP contribution is -2.49. The fourth-order valence-electron chi connectivity index (χ4n) is 1.50. The molecule has 0 aliphatic carbocycles. The van der Waals surface area contributed by atoms with Crippen LogP contribution >= 0.6 is 0 Å². The van der Waals surface area contributed by atoms with Crippen LogP contribution in [0.1, 0.15) is 0 Å². The number of rotatable bonds is 2. The van der Waals surface area contributed by atoms with E-state index in [0.717, 1.165) is 0 Å². The highest BCUT2D eigenvalue weighted by Gasteiger charge is 2.26. The Hall–Kier alpha value is -1.46. The molecule has 1 unspecified atom stereocenters.